The third-order valence-electron chi connectivity index (χ3n) is 4.96. The van der Waals surface area contributed by atoms with Gasteiger partial charge >= 0.3 is 6.09 Å². The molecule has 11 heteroatoms. The lowest BCUT2D eigenvalue weighted by Crippen LogP contribution is -2.61. The van der Waals surface area contributed by atoms with E-state index in [4.69, 9.17) is 4.74 Å². The number of carbonyl (C=O) groups excluding carboxylic acids is 2. The fraction of sp³-hybridized carbons (Fsp3) is 0.409. The van der Waals surface area contributed by atoms with Crippen molar-refractivity contribution in [2.45, 2.75) is 45.4 Å². The Morgan fingerprint density at radius 2 is 2.03 bits per heavy atom. The summed E-state index contributed by atoms with van der Waals surface area (Å²) in [6.07, 6.45) is 2.30. The summed E-state index contributed by atoms with van der Waals surface area (Å²) in [5, 5.41) is 7.88. The highest BCUT2D eigenvalue weighted by Gasteiger charge is 2.35. The number of hydrogen-bond acceptors (Lipinski definition) is 8. The lowest BCUT2D eigenvalue weighted by molar-refractivity contribution is 0.00532. The lowest BCUT2D eigenvalue weighted by atomic mass is 10.1. The van der Waals surface area contributed by atoms with Crippen molar-refractivity contribution >= 4 is 39.5 Å². The van der Waals surface area contributed by atoms with E-state index in [-0.39, 0.29) is 29.6 Å². The van der Waals surface area contributed by atoms with Gasteiger partial charge in [0.05, 0.1) is 28.5 Å². The van der Waals surface area contributed by atoms with E-state index in [0.717, 1.165) is 6.20 Å². The van der Waals surface area contributed by atoms with Crippen LogP contribution in [0.15, 0.2) is 29.9 Å². The molecule has 4 rings (SSSR count). The number of amides is 2. The van der Waals surface area contributed by atoms with E-state index in [1.165, 1.54) is 17.4 Å². The lowest BCUT2D eigenvalue weighted by Gasteiger charge is -2.39. The fourth-order valence-corrected chi connectivity index (χ4v) is 4.14. The number of nitrogens with zero attached hydrogens (tertiary/aromatic N) is 4. The minimum absolute atomic E-state index is 0.191. The van der Waals surface area contributed by atoms with Gasteiger partial charge in [-0.05, 0) is 50.8 Å². The van der Waals surface area contributed by atoms with Crippen molar-refractivity contribution in [3.63, 3.8) is 0 Å². The molecule has 1 atom stereocenters. The summed E-state index contributed by atoms with van der Waals surface area (Å²) in [6, 6.07) is 2.68. The van der Waals surface area contributed by atoms with E-state index in [1.807, 2.05) is 39.1 Å². The van der Waals surface area contributed by atoms with Crippen LogP contribution in [0.1, 0.15) is 49.8 Å². The van der Waals surface area contributed by atoms with Gasteiger partial charge in [-0.25, -0.2) is 19.2 Å². The molecule has 33 heavy (non-hydrogen) atoms. The molecule has 174 valence electrons. The highest BCUT2D eigenvalue weighted by Crippen LogP contribution is 2.26. The van der Waals surface area contributed by atoms with Crippen molar-refractivity contribution in [3.05, 3.63) is 47.0 Å². The molecule has 3 aromatic heterocycles. The first-order valence-corrected chi connectivity index (χ1v) is 11.4. The van der Waals surface area contributed by atoms with E-state index in [9.17, 15) is 14.0 Å². The number of hydrogen-bond donors (Lipinski definition) is 2. The second-order valence-corrected chi connectivity index (χ2v) is 9.81. The summed E-state index contributed by atoms with van der Waals surface area (Å²) in [5.41, 5.74) is 0.944. The Bertz CT molecular complexity index is 1190. The van der Waals surface area contributed by atoms with Crippen LogP contribution in [-0.2, 0) is 4.74 Å². The van der Waals surface area contributed by atoms with Gasteiger partial charge in [0.1, 0.15) is 11.4 Å². The second kappa shape index (κ2) is 8.89. The maximum atomic E-state index is 13.5. The van der Waals surface area contributed by atoms with Gasteiger partial charge in [-0.1, -0.05) is 0 Å². The maximum absolute atomic E-state index is 13.5. The molecule has 9 nitrogen and oxygen atoms in total. The summed E-state index contributed by atoms with van der Waals surface area (Å²) in [4.78, 5) is 39.4. The summed E-state index contributed by atoms with van der Waals surface area (Å²) >= 11 is 1.37. The molecule has 1 aliphatic rings. The number of aromatic nitrogens is 3. The van der Waals surface area contributed by atoms with Crippen molar-refractivity contribution in [1.82, 2.24) is 25.2 Å². The normalized spacial score (nSPS) is 15.1. The Balaban J connectivity index is 1.45. The molecular formula is C22H25FN6O3S. The molecule has 0 radical (unpaired) electrons. The van der Waals surface area contributed by atoms with Crippen molar-refractivity contribution in [2.24, 2.45) is 0 Å². The van der Waals surface area contributed by atoms with Crippen LogP contribution in [0.5, 0.6) is 0 Å². The van der Waals surface area contributed by atoms with E-state index in [1.54, 1.807) is 11.1 Å². The predicted octanol–water partition coefficient (Wildman–Crippen LogP) is 3.75. The van der Waals surface area contributed by atoms with Crippen LogP contribution < -0.4 is 10.6 Å². The number of thiophene rings is 1. The number of pyridine rings is 1. The van der Waals surface area contributed by atoms with Crippen LogP contribution >= 0.6 is 11.3 Å². The fourth-order valence-electron chi connectivity index (χ4n) is 3.32. The highest BCUT2D eigenvalue weighted by molar-refractivity contribution is 7.17. The quantitative estimate of drug-likeness (QED) is 0.582. The Hall–Kier alpha value is -3.34. The zero-order chi connectivity index (χ0) is 23.8. The molecule has 4 heterocycles. The summed E-state index contributed by atoms with van der Waals surface area (Å²) in [7, 11) is 0. The Kier molecular flexibility index (Phi) is 6.15. The van der Waals surface area contributed by atoms with Gasteiger partial charge in [-0.3, -0.25) is 9.78 Å². The van der Waals surface area contributed by atoms with Gasteiger partial charge in [-0.15, -0.1) is 11.3 Å². The number of likely N-dealkylation sites (tertiary alicyclic amines) is 1. The Labute approximate surface area is 194 Å². The van der Waals surface area contributed by atoms with E-state index < -0.39 is 17.5 Å². The van der Waals surface area contributed by atoms with Gasteiger partial charge < -0.3 is 20.3 Å². The van der Waals surface area contributed by atoms with E-state index in [0.29, 0.717) is 28.9 Å². The second-order valence-electron chi connectivity index (χ2n) is 8.89. The molecule has 1 fully saturated rings. The number of anilines is 1. The standard InChI is InChI=1S/C22H25FN6O3S/c1-12(13-7-14(23)9-24-8-13)25-20-27-16-5-6-33-18(16)17(28-20)19(30)26-15-10-29(11-15)21(31)32-22(2,3)4/h5-9,12,15H,10-11H2,1-4H3,(H,26,30)(H,25,27,28)/t12-/m0/s1. The number of fused-ring (bicyclic) bond motifs is 1. The van der Waals surface area contributed by atoms with Gasteiger partial charge in [0, 0.05) is 19.3 Å². The average Bonchev–Trinajstić information content (AvgIpc) is 3.16. The van der Waals surface area contributed by atoms with Crippen LogP contribution in [0.4, 0.5) is 15.1 Å². The first kappa shape index (κ1) is 22.8. The minimum Gasteiger partial charge on any atom is -0.444 e. The van der Waals surface area contributed by atoms with Crippen molar-refractivity contribution in [1.29, 1.82) is 0 Å². The third kappa shape index (κ3) is 5.36. The molecule has 0 bridgehead atoms. The summed E-state index contributed by atoms with van der Waals surface area (Å²) in [5.74, 6) is -0.523. The molecular weight excluding hydrogens is 447 g/mol. The Morgan fingerprint density at radius 3 is 2.73 bits per heavy atom. The molecule has 0 aromatic carbocycles. The highest BCUT2D eigenvalue weighted by atomic mass is 32.1. The molecule has 1 saturated heterocycles. The summed E-state index contributed by atoms with van der Waals surface area (Å²) < 4.78 is 19.5. The molecule has 2 N–H and O–H groups in total. The first-order valence-electron chi connectivity index (χ1n) is 10.5. The largest absolute Gasteiger partial charge is 0.444 e. The molecule has 1 aliphatic heterocycles. The van der Waals surface area contributed by atoms with E-state index in [2.05, 4.69) is 25.6 Å². The number of ether oxygens (including phenoxy) is 1. The molecule has 3 aromatic rings. The summed E-state index contributed by atoms with van der Waals surface area (Å²) in [6.45, 7) is 7.99. The Morgan fingerprint density at radius 1 is 1.27 bits per heavy atom. The molecule has 0 unspecified atom stereocenters. The maximum Gasteiger partial charge on any atom is 0.410 e. The first-order chi connectivity index (χ1) is 15.6. The average molecular weight is 473 g/mol. The van der Waals surface area contributed by atoms with Gasteiger partial charge in [-0.2, -0.15) is 0 Å². The van der Waals surface area contributed by atoms with Crippen LogP contribution in [0.25, 0.3) is 10.2 Å². The minimum atomic E-state index is -0.570. The van der Waals surface area contributed by atoms with Gasteiger partial charge in [0.15, 0.2) is 5.69 Å². The molecule has 0 spiro atoms. The predicted molar refractivity (Wildman–Crippen MR) is 123 cm³/mol. The topological polar surface area (TPSA) is 109 Å². The monoisotopic (exact) mass is 472 g/mol. The van der Waals surface area contributed by atoms with E-state index >= 15 is 0 Å². The van der Waals surface area contributed by atoms with Crippen molar-refractivity contribution in [3.8, 4) is 0 Å². The molecule has 2 amide bonds. The van der Waals surface area contributed by atoms with Crippen molar-refractivity contribution in [2.75, 3.05) is 18.4 Å². The molecule has 0 aliphatic carbocycles. The van der Waals surface area contributed by atoms with Gasteiger partial charge in [0.2, 0.25) is 5.95 Å². The SMILES string of the molecule is C[C@H](Nc1nc(C(=O)NC2CN(C(=O)OC(C)(C)C)C2)c2sccc2n1)c1cncc(F)c1. The van der Waals surface area contributed by atoms with Gasteiger partial charge in [0.25, 0.3) is 5.91 Å². The molecule has 0 saturated carbocycles. The smallest absolute Gasteiger partial charge is 0.410 e. The number of nitrogens with one attached hydrogen (secondary N) is 2. The van der Waals surface area contributed by atoms with Crippen molar-refractivity contribution < 1.29 is 18.7 Å². The zero-order valence-corrected chi connectivity index (χ0v) is 19.6. The number of halogens is 1. The van der Waals surface area contributed by atoms with Crippen LogP contribution in [-0.4, -0.2) is 56.6 Å². The van der Waals surface area contributed by atoms with Crippen LogP contribution in [0.3, 0.4) is 0 Å². The number of rotatable bonds is 5. The van der Waals surface area contributed by atoms with Crippen LogP contribution in [0, 0.1) is 5.82 Å². The number of carbonyl (C=O) groups is 2. The van der Waals surface area contributed by atoms with Crippen LogP contribution in [0.2, 0.25) is 0 Å². The zero-order valence-electron chi connectivity index (χ0n) is 18.8. The third-order valence-corrected chi connectivity index (χ3v) is 5.87.